The Labute approximate surface area is 113 Å². The number of aliphatic carboxylic acids is 1. The number of carbonyl (C=O) groups is 2. The second-order valence-corrected chi connectivity index (χ2v) is 4.72. The Morgan fingerprint density at radius 2 is 2.05 bits per heavy atom. The highest BCUT2D eigenvalue weighted by molar-refractivity contribution is 5.96. The largest absolute Gasteiger partial charge is 0.480 e. The first-order valence-corrected chi connectivity index (χ1v) is 6.26. The summed E-state index contributed by atoms with van der Waals surface area (Å²) in [4.78, 5) is 50.1. The molecule has 0 radical (unpaired) electrons. The zero-order chi connectivity index (χ0) is 14.9. The number of carbonyl (C=O) groups excluding carboxylic acids is 1. The number of hydrogen-bond acceptors (Lipinski definition) is 4. The van der Waals surface area contributed by atoms with Crippen LogP contribution in [0, 0.1) is 0 Å². The smallest absolute Gasteiger partial charge is 0.328 e. The molecule has 20 heavy (non-hydrogen) atoms. The zero-order valence-corrected chi connectivity index (χ0v) is 11.0. The van der Waals surface area contributed by atoms with Crippen LogP contribution in [-0.2, 0) is 11.8 Å². The average Bonchev–Trinajstić information content (AvgIpc) is 2.44. The molecule has 0 bridgehead atoms. The number of nitrogens with one attached hydrogen (secondary N) is 1. The number of rotatable bonds is 2. The number of amides is 1. The Kier molecular flexibility index (Phi) is 3.73. The van der Waals surface area contributed by atoms with Gasteiger partial charge in [0.05, 0.1) is 0 Å². The van der Waals surface area contributed by atoms with Crippen molar-refractivity contribution >= 4 is 11.9 Å². The lowest BCUT2D eigenvalue weighted by molar-refractivity contribution is -0.143. The van der Waals surface area contributed by atoms with E-state index < -0.39 is 29.2 Å². The van der Waals surface area contributed by atoms with E-state index in [2.05, 4.69) is 4.98 Å². The van der Waals surface area contributed by atoms with Crippen LogP contribution in [0.3, 0.4) is 0 Å². The minimum atomic E-state index is -1.08. The van der Waals surface area contributed by atoms with Crippen LogP contribution in [0.15, 0.2) is 15.8 Å². The number of carboxylic acid groups (broad SMARTS) is 1. The molecule has 0 spiro atoms. The maximum Gasteiger partial charge on any atom is 0.328 e. The number of carboxylic acids is 1. The van der Waals surface area contributed by atoms with Gasteiger partial charge in [-0.2, -0.15) is 0 Å². The van der Waals surface area contributed by atoms with Gasteiger partial charge in [0.2, 0.25) is 0 Å². The third-order valence-electron chi connectivity index (χ3n) is 3.46. The zero-order valence-electron chi connectivity index (χ0n) is 11.0. The summed E-state index contributed by atoms with van der Waals surface area (Å²) in [5.41, 5.74) is -1.58. The summed E-state index contributed by atoms with van der Waals surface area (Å²) in [5.74, 6) is -1.74. The van der Waals surface area contributed by atoms with Crippen LogP contribution in [0.1, 0.15) is 29.6 Å². The molecule has 2 N–H and O–H groups in total. The predicted octanol–water partition coefficient (Wildman–Crippen LogP) is -0.847. The highest BCUT2D eigenvalue weighted by atomic mass is 16.4. The lowest BCUT2D eigenvalue weighted by Gasteiger charge is -2.32. The Morgan fingerprint density at radius 3 is 2.70 bits per heavy atom. The summed E-state index contributed by atoms with van der Waals surface area (Å²) in [7, 11) is 1.25. The van der Waals surface area contributed by atoms with Crippen LogP contribution in [-0.4, -0.2) is 44.0 Å². The monoisotopic (exact) mass is 281 g/mol. The molecule has 0 aliphatic carbocycles. The van der Waals surface area contributed by atoms with Crippen molar-refractivity contribution in [3.63, 3.8) is 0 Å². The van der Waals surface area contributed by atoms with E-state index in [0.29, 0.717) is 12.8 Å². The van der Waals surface area contributed by atoms with Crippen molar-refractivity contribution < 1.29 is 14.7 Å². The molecule has 1 aliphatic heterocycles. The molecule has 1 saturated heterocycles. The first kappa shape index (κ1) is 14.0. The molecule has 8 heteroatoms. The first-order valence-electron chi connectivity index (χ1n) is 6.26. The van der Waals surface area contributed by atoms with Crippen molar-refractivity contribution in [2.45, 2.75) is 25.3 Å². The topological polar surface area (TPSA) is 112 Å². The van der Waals surface area contributed by atoms with Crippen molar-refractivity contribution in [1.29, 1.82) is 0 Å². The molecule has 2 rings (SSSR count). The maximum absolute atomic E-state index is 12.3. The average molecular weight is 281 g/mol. The van der Waals surface area contributed by atoms with E-state index in [1.54, 1.807) is 0 Å². The van der Waals surface area contributed by atoms with Crippen molar-refractivity contribution in [1.82, 2.24) is 14.5 Å². The summed E-state index contributed by atoms with van der Waals surface area (Å²) in [6, 6.07) is -0.923. The van der Waals surface area contributed by atoms with E-state index in [4.69, 9.17) is 5.11 Å². The van der Waals surface area contributed by atoms with Gasteiger partial charge in [-0.1, -0.05) is 0 Å². The molecule has 1 fully saturated rings. The Morgan fingerprint density at radius 1 is 1.35 bits per heavy atom. The fourth-order valence-corrected chi connectivity index (χ4v) is 2.30. The first-order chi connectivity index (χ1) is 9.43. The molecule has 1 aromatic heterocycles. The van der Waals surface area contributed by atoms with Crippen LogP contribution in [0.5, 0.6) is 0 Å². The molecule has 0 aromatic carbocycles. The fraction of sp³-hybridized carbons (Fsp3) is 0.500. The van der Waals surface area contributed by atoms with Gasteiger partial charge in [0.25, 0.3) is 11.5 Å². The molecule has 2 heterocycles. The molecular formula is C12H15N3O5. The summed E-state index contributed by atoms with van der Waals surface area (Å²) in [5, 5.41) is 9.14. The number of H-pyrrole nitrogens is 1. The lowest BCUT2D eigenvalue weighted by Crippen LogP contribution is -2.50. The highest BCUT2D eigenvalue weighted by Crippen LogP contribution is 2.18. The van der Waals surface area contributed by atoms with Crippen LogP contribution < -0.4 is 11.2 Å². The predicted molar refractivity (Wildman–Crippen MR) is 68.6 cm³/mol. The fourth-order valence-electron chi connectivity index (χ4n) is 2.30. The number of nitrogens with zero attached hydrogens (tertiary/aromatic N) is 2. The van der Waals surface area contributed by atoms with Gasteiger partial charge in [0.1, 0.15) is 11.6 Å². The number of likely N-dealkylation sites (tertiary alicyclic amines) is 1. The lowest BCUT2D eigenvalue weighted by atomic mass is 10.0. The third-order valence-corrected chi connectivity index (χ3v) is 3.46. The van der Waals surface area contributed by atoms with E-state index >= 15 is 0 Å². The van der Waals surface area contributed by atoms with Gasteiger partial charge in [0, 0.05) is 19.8 Å². The van der Waals surface area contributed by atoms with Gasteiger partial charge in [-0.3, -0.25) is 14.2 Å². The van der Waals surface area contributed by atoms with Crippen LogP contribution >= 0.6 is 0 Å². The summed E-state index contributed by atoms with van der Waals surface area (Å²) >= 11 is 0. The Hall–Kier alpha value is -2.38. The molecule has 1 atom stereocenters. The highest BCUT2D eigenvalue weighted by Gasteiger charge is 2.33. The van der Waals surface area contributed by atoms with Gasteiger partial charge >= 0.3 is 11.7 Å². The molecule has 8 nitrogen and oxygen atoms in total. The van der Waals surface area contributed by atoms with Gasteiger partial charge in [-0.05, 0) is 19.3 Å². The van der Waals surface area contributed by atoms with E-state index in [9.17, 15) is 19.2 Å². The van der Waals surface area contributed by atoms with Crippen molar-refractivity contribution in [3.8, 4) is 0 Å². The van der Waals surface area contributed by atoms with Gasteiger partial charge in [-0.15, -0.1) is 0 Å². The van der Waals surface area contributed by atoms with Crippen molar-refractivity contribution in [2.24, 2.45) is 7.05 Å². The molecule has 108 valence electrons. The third kappa shape index (κ3) is 2.36. The second kappa shape index (κ2) is 5.32. The Balaban J connectivity index is 2.40. The standard InChI is InChI=1S/C12H15N3O5/c1-14-9(16)7(6-13-12(14)20)10(17)15-5-3-2-4-8(15)11(18)19/h6,8H,2-5H2,1H3,(H,13,20)(H,18,19)/t8-/m0/s1. The van der Waals surface area contributed by atoms with Crippen molar-refractivity contribution in [3.05, 3.63) is 32.6 Å². The van der Waals surface area contributed by atoms with E-state index in [0.717, 1.165) is 17.2 Å². The van der Waals surface area contributed by atoms with E-state index in [-0.39, 0.29) is 12.1 Å². The van der Waals surface area contributed by atoms with Crippen LogP contribution in [0.25, 0.3) is 0 Å². The quantitative estimate of drug-likeness (QED) is 0.733. The van der Waals surface area contributed by atoms with Gasteiger partial charge in [0.15, 0.2) is 0 Å². The minimum absolute atomic E-state index is 0.222. The summed E-state index contributed by atoms with van der Waals surface area (Å²) in [6.07, 6.45) is 2.83. The second-order valence-electron chi connectivity index (χ2n) is 4.72. The summed E-state index contributed by atoms with van der Waals surface area (Å²) in [6.45, 7) is 0.290. The maximum atomic E-state index is 12.3. The number of piperidine rings is 1. The van der Waals surface area contributed by atoms with Crippen molar-refractivity contribution in [2.75, 3.05) is 6.54 Å². The molecular weight excluding hydrogens is 266 g/mol. The summed E-state index contributed by atoms with van der Waals surface area (Å²) < 4.78 is 0.785. The number of hydrogen-bond donors (Lipinski definition) is 2. The molecule has 0 unspecified atom stereocenters. The van der Waals surface area contributed by atoms with E-state index in [1.807, 2.05) is 0 Å². The normalized spacial score (nSPS) is 18.9. The van der Waals surface area contributed by atoms with Gasteiger partial charge in [-0.25, -0.2) is 9.59 Å². The Bertz CT molecular complexity index is 660. The molecule has 0 saturated carbocycles. The minimum Gasteiger partial charge on any atom is -0.480 e. The molecule has 1 amide bonds. The SMILES string of the molecule is Cn1c(=O)[nH]cc(C(=O)N2CCCC[C@H]2C(=O)O)c1=O. The van der Waals surface area contributed by atoms with Crippen LogP contribution in [0.2, 0.25) is 0 Å². The molecule has 1 aromatic rings. The van der Waals surface area contributed by atoms with Crippen LogP contribution in [0.4, 0.5) is 0 Å². The van der Waals surface area contributed by atoms with Gasteiger partial charge < -0.3 is 15.0 Å². The van der Waals surface area contributed by atoms with E-state index in [1.165, 1.54) is 11.9 Å². The number of aromatic amines is 1. The molecule has 1 aliphatic rings. The number of aromatic nitrogens is 2.